The minimum absolute atomic E-state index is 0.0704. The Morgan fingerprint density at radius 1 is 1.61 bits per heavy atom. The minimum atomic E-state index is -0.0704. The van der Waals surface area contributed by atoms with Crippen LogP contribution in [0.15, 0.2) is 15.5 Å². The standard InChI is InChI=1S/C12H20BrN3OS/c1-4-6-16-12(17)11(13)10(8-14-16)15-9(2)5-7-18-3/h8-9,15H,4-7H2,1-3H3. The van der Waals surface area contributed by atoms with Crippen LogP contribution in [0.1, 0.15) is 26.7 Å². The lowest BCUT2D eigenvalue weighted by Crippen LogP contribution is -2.26. The molecule has 6 heteroatoms. The lowest BCUT2D eigenvalue weighted by molar-refractivity contribution is 0.565. The lowest BCUT2D eigenvalue weighted by Gasteiger charge is -2.16. The van der Waals surface area contributed by atoms with Gasteiger partial charge in [-0.2, -0.15) is 16.9 Å². The topological polar surface area (TPSA) is 46.9 Å². The fourth-order valence-electron chi connectivity index (χ4n) is 1.57. The van der Waals surface area contributed by atoms with E-state index in [0.717, 1.165) is 24.3 Å². The SMILES string of the molecule is CCCn1ncc(NC(C)CCSC)c(Br)c1=O. The number of aryl methyl sites for hydroxylation is 1. The number of hydrogen-bond acceptors (Lipinski definition) is 4. The Hall–Kier alpha value is -0.490. The van der Waals surface area contributed by atoms with Crippen molar-refractivity contribution in [3.8, 4) is 0 Å². The van der Waals surface area contributed by atoms with Gasteiger partial charge >= 0.3 is 0 Å². The number of halogens is 1. The van der Waals surface area contributed by atoms with Crippen molar-refractivity contribution in [3.05, 3.63) is 21.0 Å². The highest BCUT2D eigenvalue weighted by Gasteiger charge is 2.10. The van der Waals surface area contributed by atoms with Crippen LogP contribution in [0.5, 0.6) is 0 Å². The van der Waals surface area contributed by atoms with E-state index in [9.17, 15) is 4.79 Å². The number of nitrogens with one attached hydrogen (secondary N) is 1. The van der Waals surface area contributed by atoms with E-state index < -0.39 is 0 Å². The number of nitrogens with zero attached hydrogens (tertiary/aromatic N) is 2. The van der Waals surface area contributed by atoms with Crippen molar-refractivity contribution in [1.82, 2.24) is 9.78 Å². The molecule has 1 aromatic rings. The van der Waals surface area contributed by atoms with E-state index >= 15 is 0 Å². The maximum Gasteiger partial charge on any atom is 0.283 e. The summed E-state index contributed by atoms with van der Waals surface area (Å²) in [5.74, 6) is 1.10. The van der Waals surface area contributed by atoms with Gasteiger partial charge in [0.05, 0.1) is 11.9 Å². The Bertz CT molecular complexity index is 436. The summed E-state index contributed by atoms with van der Waals surface area (Å²) in [7, 11) is 0. The molecule has 1 atom stereocenters. The van der Waals surface area contributed by atoms with Crippen molar-refractivity contribution in [2.24, 2.45) is 0 Å². The number of thioether (sulfide) groups is 1. The van der Waals surface area contributed by atoms with E-state index in [4.69, 9.17) is 0 Å². The fraction of sp³-hybridized carbons (Fsp3) is 0.667. The average molecular weight is 334 g/mol. The molecule has 1 aromatic heterocycles. The van der Waals surface area contributed by atoms with E-state index in [-0.39, 0.29) is 5.56 Å². The highest BCUT2D eigenvalue weighted by molar-refractivity contribution is 9.10. The molecular weight excluding hydrogens is 314 g/mol. The van der Waals surface area contributed by atoms with Gasteiger partial charge < -0.3 is 5.32 Å². The first-order valence-electron chi connectivity index (χ1n) is 6.11. The summed E-state index contributed by atoms with van der Waals surface area (Å²) in [6, 6.07) is 0.331. The van der Waals surface area contributed by atoms with Crippen LogP contribution >= 0.6 is 27.7 Å². The van der Waals surface area contributed by atoms with Crippen LogP contribution in [0.3, 0.4) is 0 Å². The zero-order valence-electron chi connectivity index (χ0n) is 11.1. The number of hydrogen-bond donors (Lipinski definition) is 1. The van der Waals surface area contributed by atoms with E-state index in [1.165, 1.54) is 4.68 Å². The van der Waals surface area contributed by atoms with Gasteiger partial charge in [-0.05, 0) is 47.7 Å². The molecule has 0 aliphatic heterocycles. The maximum atomic E-state index is 12.0. The predicted molar refractivity (Wildman–Crippen MR) is 82.6 cm³/mol. The largest absolute Gasteiger partial charge is 0.380 e. The highest BCUT2D eigenvalue weighted by atomic mass is 79.9. The molecular formula is C12H20BrN3OS. The summed E-state index contributed by atoms with van der Waals surface area (Å²) < 4.78 is 2.06. The number of aromatic nitrogens is 2. The van der Waals surface area contributed by atoms with Crippen molar-refractivity contribution in [2.45, 2.75) is 39.3 Å². The molecule has 4 nitrogen and oxygen atoms in total. The first kappa shape index (κ1) is 15.6. The normalized spacial score (nSPS) is 12.4. The molecule has 0 amide bonds. The van der Waals surface area contributed by atoms with Crippen LogP contribution in [0, 0.1) is 0 Å². The quantitative estimate of drug-likeness (QED) is 0.833. The van der Waals surface area contributed by atoms with Gasteiger partial charge in [-0.1, -0.05) is 6.92 Å². The second kappa shape index (κ2) is 7.84. The second-order valence-corrected chi connectivity index (χ2v) is 6.01. The summed E-state index contributed by atoms with van der Waals surface area (Å²) in [5.41, 5.74) is 0.708. The van der Waals surface area contributed by atoms with Crippen molar-refractivity contribution in [2.75, 3.05) is 17.3 Å². The minimum Gasteiger partial charge on any atom is -0.380 e. The summed E-state index contributed by atoms with van der Waals surface area (Å²) >= 11 is 5.18. The molecule has 0 fully saturated rings. The highest BCUT2D eigenvalue weighted by Crippen LogP contribution is 2.18. The average Bonchev–Trinajstić information content (AvgIpc) is 2.36. The smallest absolute Gasteiger partial charge is 0.283 e. The van der Waals surface area contributed by atoms with Gasteiger partial charge in [0.15, 0.2) is 0 Å². The Morgan fingerprint density at radius 3 is 2.94 bits per heavy atom. The second-order valence-electron chi connectivity index (χ2n) is 4.23. The summed E-state index contributed by atoms with van der Waals surface area (Å²) in [5, 5.41) is 7.49. The van der Waals surface area contributed by atoms with E-state index in [1.807, 2.05) is 18.7 Å². The third kappa shape index (κ3) is 4.31. The number of anilines is 1. The van der Waals surface area contributed by atoms with Gasteiger partial charge in [-0.25, -0.2) is 4.68 Å². The molecule has 0 radical (unpaired) electrons. The van der Waals surface area contributed by atoms with Crippen molar-refractivity contribution < 1.29 is 0 Å². The molecule has 1 unspecified atom stereocenters. The summed E-state index contributed by atoms with van der Waals surface area (Å²) in [4.78, 5) is 12.0. The Balaban J connectivity index is 2.79. The van der Waals surface area contributed by atoms with E-state index in [2.05, 4.69) is 39.5 Å². The van der Waals surface area contributed by atoms with Gasteiger partial charge in [0.1, 0.15) is 4.47 Å². The molecule has 1 N–H and O–H groups in total. The predicted octanol–water partition coefficient (Wildman–Crippen LogP) is 2.97. The summed E-state index contributed by atoms with van der Waals surface area (Å²) in [6.07, 6.45) is 5.77. The maximum absolute atomic E-state index is 12.0. The van der Waals surface area contributed by atoms with Gasteiger partial charge in [0.25, 0.3) is 5.56 Å². The van der Waals surface area contributed by atoms with Crippen LogP contribution in [0.2, 0.25) is 0 Å². The van der Waals surface area contributed by atoms with Gasteiger partial charge in [-0.15, -0.1) is 0 Å². The molecule has 0 aliphatic carbocycles. The molecule has 0 aliphatic rings. The Kier molecular flexibility index (Phi) is 6.78. The Labute approximate surface area is 121 Å². The monoisotopic (exact) mass is 333 g/mol. The van der Waals surface area contributed by atoms with Crippen LogP contribution < -0.4 is 10.9 Å². The molecule has 0 saturated carbocycles. The summed E-state index contributed by atoms with van der Waals surface area (Å²) in [6.45, 7) is 4.79. The first-order valence-corrected chi connectivity index (χ1v) is 8.29. The third-order valence-electron chi connectivity index (χ3n) is 2.58. The molecule has 0 spiro atoms. The van der Waals surface area contributed by atoms with Gasteiger partial charge in [-0.3, -0.25) is 4.79 Å². The van der Waals surface area contributed by atoms with Crippen molar-refractivity contribution in [3.63, 3.8) is 0 Å². The van der Waals surface area contributed by atoms with E-state index in [0.29, 0.717) is 17.1 Å². The molecule has 0 aromatic carbocycles. The zero-order valence-corrected chi connectivity index (χ0v) is 13.5. The fourth-order valence-corrected chi connectivity index (χ4v) is 2.58. The molecule has 1 rings (SSSR count). The van der Waals surface area contributed by atoms with E-state index in [1.54, 1.807) is 6.20 Å². The molecule has 0 bridgehead atoms. The van der Waals surface area contributed by atoms with Crippen molar-refractivity contribution in [1.29, 1.82) is 0 Å². The first-order chi connectivity index (χ1) is 8.60. The van der Waals surface area contributed by atoms with Crippen LogP contribution in [0.25, 0.3) is 0 Å². The van der Waals surface area contributed by atoms with Crippen molar-refractivity contribution >= 4 is 33.4 Å². The van der Waals surface area contributed by atoms with Crippen LogP contribution in [0.4, 0.5) is 5.69 Å². The molecule has 102 valence electrons. The zero-order chi connectivity index (χ0) is 13.5. The molecule has 1 heterocycles. The molecule has 18 heavy (non-hydrogen) atoms. The van der Waals surface area contributed by atoms with Gasteiger partial charge in [0.2, 0.25) is 0 Å². The Morgan fingerprint density at radius 2 is 2.33 bits per heavy atom. The van der Waals surface area contributed by atoms with Crippen LogP contribution in [-0.4, -0.2) is 27.8 Å². The molecule has 0 saturated heterocycles. The third-order valence-corrected chi connectivity index (χ3v) is 3.99. The van der Waals surface area contributed by atoms with Gasteiger partial charge in [0, 0.05) is 12.6 Å². The number of rotatable bonds is 7. The van der Waals surface area contributed by atoms with Crippen LogP contribution in [-0.2, 0) is 6.54 Å². The lowest BCUT2D eigenvalue weighted by atomic mass is 10.2.